The number of hydrogen-bond acceptors (Lipinski definition) is 3. The summed E-state index contributed by atoms with van der Waals surface area (Å²) >= 11 is 4.95. The number of aryl methyl sites for hydroxylation is 1. The number of rotatable bonds is 5. The molecule has 18 heavy (non-hydrogen) atoms. The monoisotopic (exact) mass is 265 g/mol. The molecule has 1 aliphatic heterocycles. The Balaban J connectivity index is 1.87. The molecule has 1 aliphatic rings. The van der Waals surface area contributed by atoms with Crippen LogP contribution in [0.3, 0.4) is 0 Å². The Bertz CT molecular complexity index is 428. The van der Waals surface area contributed by atoms with Crippen LogP contribution >= 0.6 is 12.2 Å². The van der Waals surface area contributed by atoms with Crippen LogP contribution < -0.4 is 5.73 Å². The standard InChI is InChI=1S/C14H19NO2S/c1-10-7-11(14(15)18)4-5-12(10)8-16-9-13-3-2-6-17-13/h4-5,7,13H,2-3,6,8-9H2,1H3,(H2,15,18). The zero-order chi connectivity index (χ0) is 13.0. The van der Waals surface area contributed by atoms with Crippen molar-refractivity contribution in [3.63, 3.8) is 0 Å². The molecule has 0 saturated carbocycles. The molecule has 0 spiro atoms. The van der Waals surface area contributed by atoms with E-state index < -0.39 is 0 Å². The van der Waals surface area contributed by atoms with Gasteiger partial charge in [-0.1, -0.05) is 24.4 Å². The van der Waals surface area contributed by atoms with Gasteiger partial charge in [-0.15, -0.1) is 0 Å². The molecule has 1 atom stereocenters. The average molecular weight is 265 g/mol. The molecular weight excluding hydrogens is 246 g/mol. The summed E-state index contributed by atoms with van der Waals surface area (Å²) in [5.41, 5.74) is 8.84. The first-order valence-electron chi connectivity index (χ1n) is 6.25. The average Bonchev–Trinajstić information content (AvgIpc) is 2.84. The third kappa shape index (κ3) is 3.51. The van der Waals surface area contributed by atoms with Crippen molar-refractivity contribution in [2.24, 2.45) is 5.73 Å². The fourth-order valence-electron chi connectivity index (χ4n) is 2.09. The van der Waals surface area contributed by atoms with E-state index in [1.807, 2.05) is 25.1 Å². The molecule has 0 aromatic heterocycles. The second kappa shape index (κ2) is 6.27. The molecule has 1 saturated heterocycles. The smallest absolute Gasteiger partial charge is 0.103 e. The van der Waals surface area contributed by atoms with E-state index in [2.05, 4.69) is 0 Å². The molecule has 1 aromatic rings. The Morgan fingerprint density at radius 2 is 2.39 bits per heavy atom. The van der Waals surface area contributed by atoms with Crippen molar-refractivity contribution in [1.29, 1.82) is 0 Å². The topological polar surface area (TPSA) is 44.5 Å². The van der Waals surface area contributed by atoms with Crippen LogP contribution in [0.5, 0.6) is 0 Å². The van der Waals surface area contributed by atoms with Crippen LogP contribution in [0.1, 0.15) is 29.5 Å². The summed E-state index contributed by atoms with van der Waals surface area (Å²) < 4.78 is 11.2. The van der Waals surface area contributed by atoms with Gasteiger partial charge >= 0.3 is 0 Å². The lowest BCUT2D eigenvalue weighted by molar-refractivity contribution is 0.0104. The summed E-state index contributed by atoms with van der Waals surface area (Å²) in [7, 11) is 0. The lowest BCUT2D eigenvalue weighted by Crippen LogP contribution is -2.14. The van der Waals surface area contributed by atoms with Crippen molar-refractivity contribution in [2.45, 2.75) is 32.5 Å². The van der Waals surface area contributed by atoms with Gasteiger partial charge in [-0.2, -0.15) is 0 Å². The van der Waals surface area contributed by atoms with E-state index in [0.717, 1.165) is 30.6 Å². The molecule has 1 aromatic carbocycles. The van der Waals surface area contributed by atoms with E-state index in [1.54, 1.807) is 0 Å². The number of thiocarbonyl (C=S) groups is 1. The summed E-state index contributed by atoms with van der Waals surface area (Å²) in [6, 6.07) is 5.98. The fourth-order valence-corrected chi connectivity index (χ4v) is 2.21. The zero-order valence-corrected chi connectivity index (χ0v) is 11.5. The van der Waals surface area contributed by atoms with Gasteiger partial charge in [-0.25, -0.2) is 0 Å². The van der Waals surface area contributed by atoms with Gasteiger partial charge < -0.3 is 15.2 Å². The van der Waals surface area contributed by atoms with E-state index in [-0.39, 0.29) is 6.10 Å². The Labute approximate surface area is 113 Å². The molecule has 2 rings (SSSR count). The SMILES string of the molecule is Cc1cc(C(N)=S)ccc1COCC1CCCO1. The highest BCUT2D eigenvalue weighted by atomic mass is 32.1. The summed E-state index contributed by atoms with van der Waals surface area (Å²) in [5, 5.41) is 0. The first kappa shape index (κ1) is 13.5. The number of hydrogen-bond donors (Lipinski definition) is 1. The van der Waals surface area contributed by atoms with Crippen LogP contribution in [-0.4, -0.2) is 24.3 Å². The fraction of sp³-hybridized carbons (Fsp3) is 0.500. The van der Waals surface area contributed by atoms with E-state index in [1.165, 1.54) is 5.56 Å². The first-order chi connectivity index (χ1) is 8.66. The molecule has 0 bridgehead atoms. The van der Waals surface area contributed by atoms with Gasteiger partial charge in [-0.05, 0) is 37.0 Å². The Hall–Kier alpha value is -0.970. The zero-order valence-electron chi connectivity index (χ0n) is 10.6. The minimum absolute atomic E-state index is 0.279. The summed E-state index contributed by atoms with van der Waals surface area (Å²) in [6.45, 7) is 4.21. The maximum Gasteiger partial charge on any atom is 0.103 e. The third-order valence-corrected chi connectivity index (χ3v) is 3.45. The molecule has 1 unspecified atom stereocenters. The minimum atomic E-state index is 0.279. The quantitative estimate of drug-likeness (QED) is 0.830. The van der Waals surface area contributed by atoms with Gasteiger partial charge in [0, 0.05) is 12.2 Å². The molecule has 3 nitrogen and oxygen atoms in total. The van der Waals surface area contributed by atoms with Crippen LogP contribution in [0.25, 0.3) is 0 Å². The molecule has 2 N–H and O–H groups in total. The van der Waals surface area contributed by atoms with E-state index in [0.29, 0.717) is 18.2 Å². The second-order valence-electron chi connectivity index (χ2n) is 4.66. The van der Waals surface area contributed by atoms with Gasteiger partial charge in [0.15, 0.2) is 0 Å². The molecule has 0 amide bonds. The van der Waals surface area contributed by atoms with Crippen molar-refractivity contribution < 1.29 is 9.47 Å². The van der Waals surface area contributed by atoms with Crippen LogP contribution in [0.2, 0.25) is 0 Å². The highest BCUT2D eigenvalue weighted by Gasteiger charge is 2.15. The number of nitrogens with two attached hydrogens (primary N) is 1. The highest BCUT2D eigenvalue weighted by molar-refractivity contribution is 7.80. The second-order valence-corrected chi connectivity index (χ2v) is 5.10. The lowest BCUT2D eigenvalue weighted by atomic mass is 10.1. The molecule has 0 aliphatic carbocycles. The summed E-state index contributed by atoms with van der Waals surface area (Å²) in [4.78, 5) is 0.435. The normalized spacial score (nSPS) is 19.1. The van der Waals surface area contributed by atoms with E-state index in [9.17, 15) is 0 Å². The van der Waals surface area contributed by atoms with Crippen LogP contribution in [0.4, 0.5) is 0 Å². The number of benzene rings is 1. The minimum Gasteiger partial charge on any atom is -0.389 e. The molecular formula is C14H19NO2S. The van der Waals surface area contributed by atoms with E-state index >= 15 is 0 Å². The molecule has 1 fully saturated rings. The third-order valence-electron chi connectivity index (χ3n) is 3.21. The van der Waals surface area contributed by atoms with Crippen molar-refractivity contribution in [2.75, 3.05) is 13.2 Å². The molecule has 98 valence electrons. The summed E-state index contributed by atoms with van der Waals surface area (Å²) in [5.74, 6) is 0. The first-order valence-corrected chi connectivity index (χ1v) is 6.66. The Kier molecular flexibility index (Phi) is 4.69. The molecule has 4 heteroatoms. The largest absolute Gasteiger partial charge is 0.389 e. The van der Waals surface area contributed by atoms with Gasteiger partial charge in [0.05, 0.1) is 19.3 Å². The van der Waals surface area contributed by atoms with Crippen molar-refractivity contribution in [3.05, 3.63) is 34.9 Å². The van der Waals surface area contributed by atoms with Crippen molar-refractivity contribution >= 4 is 17.2 Å². The molecule has 1 heterocycles. The molecule has 0 radical (unpaired) electrons. The predicted octanol–water partition coefficient (Wildman–Crippen LogP) is 2.32. The lowest BCUT2D eigenvalue weighted by Gasteiger charge is -2.12. The Morgan fingerprint density at radius 1 is 1.56 bits per heavy atom. The maximum absolute atomic E-state index is 5.70. The number of ether oxygens (including phenoxy) is 2. The van der Waals surface area contributed by atoms with Gasteiger partial charge in [0.1, 0.15) is 4.99 Å². The summed E-state index contributed by atoms with van der Waals surface area (Å²) in [6.07, 6.45) is 2.54. The van der Waals surface area contributed by atoms with Crippen LogP contribution in [0.15, 0.2) is 18.2 Å². The van der Waals surface area contributed by atoms with Crippen LogP contribution in [-0.2, 0) is 16.1 Å². The maximum atomic E-state index is 5.70. The van der Waals surface area contributed by atoms with Gasteiger partial charge in [-0.3, -0.25) is 0 Å². The van der Waals surface area contributed by atoms with Crippen molar-refractivity contribution in [3.8, 4) is 0 Å². The predicted molar refractivity (Wildman–Crippen MR) is 75.7 cm³/mol. The Morgan fingerprint density at radius 3 is 3.00 bits per heavy atom. The highest BCUT2D eigenvalue weighted by Crippen LogP contribution is 2.15. The van der Waals surface area contributed by atoms with Crippen molar-refractivity contribution in [1.82, 2.24) is 0 Å². The van der Waals surface area contributed by atoms with Crippen LogP contribution in [0, 0.1) is 6.92 Å². The van der Waals surface area contributed by atoms with E-state index in [4.69, 9.17) is 27.4 Å². The van der Waals surface area contributed by atoms with Gasteiger partial charge in [0.25, 0.3) is 0 Å². The van der Waals surface area contributed by atoms with Gasteiger partial charge in [0.2, 0.25) is 0 Å².